The van der Waals surface area contributed by atoms with Crippen LogP contribution in [0.5, 0.6) is 0 Å². The van der Waals surface area contributed by atoms with Crippen LogP contribution >= 0.6 is 0 Å². The zero-order valence-corrected chi connectivity index (χ0v) is 24.9. The highest BCUT2D eigenvalue weighted by molar-refractivity contribution is 5.95. The van der Waals surface area contributed by atoms with E-state index in [1.54, 1.807) is 24.1 Å². The monoisotopic (exact) mass is 580 g/mol. The van der Waals surface area contributed by atoms with Gasteiger partial charge in [-0.25, -0.2) is 14.2 Å². The Morgan fingerprint density at radius 3 is 2.51 bits per heavy atom. The van der Waals surface area contributed by atoms with Crippen LogP contribution in [0.1, 0.15) is 54.5 Å². The molecular weight excluding hydrogens is 543 g/mol. The number of piperidine rings is 1. The molecule has 0 radical (unpaired) electrons. The molecule has 1 spiro atoms. The predicted molar refractivity (Wildman–Crippen MR) is 164 cm³/mol. The van der Waals surface area contributed by atoms with Gasteiger partial charge < -0.3 is 9.80 Å². The van der Waals surface area contributed by atoms with Gasteiger partial charge in [0.2, 0.25) is 5.91 Å². The van der Waals surface area contributed by atoms with E-state index in [2.05, 4.69) is 29.3 Å². The van der Waals surface area contributed by atoms with Crippen molar-refractivity contribution in [2.45, 2.75) is 58.0 Å². The Morgan fingerprint density at radius 1 is 1.05 bits per heavy atom. The molecule has 2 saturated heterocycles. The molecule has 8 nitrogen and oxygen atoms in total. The average molecular weight is 581 g/mol. The highest BCUT2D eigenvalue weighted by Crippen LogP contribution is 2.40. The third kappa shape index (κ3) is 5.51. The second-order valence-electron chi connectivity index (χ2n) is 11.9. The van der Waals surface area contributed by atoms with Crippen LogP contribution in [-0.4, -0.2) is 62.1 Å². The maximum Gasteiger partial charge on any atom is 0.326 e. The van der Waals surface area contributed by atoms with Gasteiger partial charge in [-0.15, -0.1) is 0 Å². The van der Waals surface area contributed by atoms with Crippen molar-refractivity contribution in [2.24, 2.45) is 0 Å². The van der Waals surface area contributed by atoms with Gasteiger partial charge in [-0.3, -0.25) is 14.8 Å². The first-order valence-electron chi connectivity index (χ1n) is 14.9. The zero-order chi connectivity index (χ0) is 30.1. The molecule has 9 heteroatoms. The number of anilines is 1. The van der Waals surface area contributed by atoms with E-state index in [1.165, 1.54) is 6.07 Å². The smallest absolute Gasteiger partial charge is 0.326 e. The Bertz CT molecular complexity index is 1620. The van der Waals surface area contributed by atoms with Crippen molar-refractivity contribution >= 4 is 17.8 Å². The Kier molecular flexibility index (Phi) is 7.73. The van der Waals surface area contributed by atoms with Gasteiger partial charge in [0.1, 0.15) is 11.6 Å². The van der Waals surface area contributed by atoms with Crippen molar-refractivity contribution < 1.29 is 14.0 Å². The van der Waals surface area contributed by atoms with Crippen molar-refractivity contribution in [1.29, 1.82) is 0 Å². The number of hydrogen-bond acceptors (Lipinski definition) is 4. The summed E-state index contributed by atoms with van der Waals surface area (Å²) in [5.74, 6) is 0.560. The maximum atomic E-state index is 14.5. The minimum Gasteiger partial charge on any atom is -0.343 e. The number of nitrogens with zero attached hydrogens (tertiary/aromatic N) is 5. The van der Waals surface area contributed by atoms with Crippen molar-refractivity contribution in [3.63, 3.8) is 0 Å². The summed E-state index contributed by atoms with van der Waals surface area (Å²) < 4.78 is 14.5. The SMILES string of the molecule is Cc1nc(N2CC3(CCN(C(=O)CC(C)c4ccccc4)CC3)N(Cc3cccc(F)c3C)C2=O)ccc1-c1cn[nH]c1. The van der Waals surface area contributed by atoms with Gasteiger partial charge in [-0.2, -0.15) is 5.10 Å². The lowest BCUT2D eigenvalue weighted by molar-refractivity contribution is -0.133. The number of benzene rings is 2. The summed E-state index contributed by atoms with van der Waals surface area (Å²) >= 11 is 0. The number of aromatic nitrogens is 3. The van der Waals surface area contributed by atoms with Crippen LogP contribution in [0.3, 0.4) is 0 Å². The van der Waals surface area contributed by atoms with E-state index in [0.717, 1.165) is 27.9 Å². The summed E-state index contributed by atoms with van der Waals surface area (Å²) in [6, 6.07) is 18.8. The van der Waals surface area contributed by atoms with Crippen LogP contribution < -0.4 is 4.90 Å². The van der Waals surface area contributed by atoms with E-state index in [9.17, 15) is 14.0 Å². The molecule has 3 amide bonds. The number of rotatable bonds is 7. The van der Waals surface area contributed by atoms with E-state index >= 15 is 0 Å². The Hall–Kier alpha value is -4.53. The van der Waals surface area contributed by atoms with Crippen molar-refractivity contribution in [2.75, 3.05) is 24.5 Å². The summed E-state index contributed by atoms with van der Waals surface area (Å²) in [5, 5.41) is 6.88. The van der Waals surface area contributed by atoms with Gasteiger partial charge in [-0.05, 0) is 67.5 Å². The number of carbonyl (C=O) groups is 2. The third-order valence-electron chi connectivity index (χ3n) is 9.25. The molecule has 222 valence electrons. The summed E-state index contributed by atoms with van der Waals surface area (Å²) in [4.78, 5) is 37.9. The number of amides is 3. The maximum absolute atomic E-state index is 14.5. The standard InChI is InChI=1S/C34H37FN6O2/c1-23(26-8-5-4-6-9-26)18-32(42)39-16-14-34(15-17-39)22-40(31-13-12-29(25(3)38-31)28-19-36-37-20-28)33(43)41(34)21-27-10-7-11-30(35)24(27)2/h4-13,19-20,23H,14-18,21-22H2,1-3H3,(H,36,37). The average Bonchev–Trinajstić information content (AvgIpc) is 3.64. The van der Waals surface area contributed by atoms with Crippen LogP contribution in [0, 0.1) is 19.7 Å². The molecule has 2 aliphatic rings. The first kappa shape index (κ1) is 28.6. The van der Waals surface area contributed by atoms with Gasteiger partial charge in [0, 0.05) is 49.1 Å². The first-order valence-corrected chi connectivity index (χ1v) is 14.9. The van der Waals surface area contributed by atoms with E-state index in [4.69, 9.17) is 4.98 Å². The number of pyridine rings is 1. The summed E-state index contributed by atoms with van der Waals surface area (Å²) in [7, 11) is 0. The van der Waals surface area contributed by atoms with Gasteiger partial charge >= 0.3 is 6.03 Å². The lowest BCUT2D eigenvalue weighted by Gasteiger charge is -2.44. The fourth-order valence-corrected chi connectivity index (χ4v) is 6.50. The molecule has 2 aromatic heterocycles. The van der Waals surface area contributed by atoms with E-state index in [-0.39, 0.29) is 23.7 Å². The van der Waals surface area contributed by atoms with Crippen molar-refractivity contribution in [1.82, 2.24) is 25.0 Å². The molecule has 2 aliphatic heterocycles. The quantitative estimate of drug-likeness (QED) is 0.281. The number of hydrogen-bond donors (Lipinski definition) is 1. The van der Waals surface area contributed by atoms with Crippen LogP contribution in [-0.2, 0) is 11.3 Å². The number of nitrogens with one attached hydrogen (secondary N) is 1. The Balaban J connectivity index is 1.24. The molecule has 1 N–H and O–H groups in total. The number of likely N-dealkylation sites (tertiary alicyclic amines) is 1. The second-order valence-corrected chi connectivity index (χ2v) is 11.9. The number of H-pyrrole nitrogens is 1. The van der Waals surface area contributed by atoms with Crippen LogP contribution in [0.4, 0.5) is 15.0 Å². The van der Waals surface area contributed by atoms with Gasteiger partial charge in [-0.1, -0.05) is 49.4 Å². The number of carbonyl (C=O) groups excluding carboxylic acids is 2. The Morgan fingerprint density at radius 2 is 1.81 bits per heavy atom. The zero-order valence-electron chi connectivity index (χ0n) is 24.9. The molecule has 0 aliphatic carbocycles. The lowest BCUT2D eigenvalue weighted by Crippen LogP contribution is -2.55. The number of urea groups is 1. The Labute approximate surface area is 251 Å². The molecule has 0 saturated carbocycles. The fraction of sp³-hybridized carbons (Fsp3) is 0.353. The molecule has 2 aromatic carbocycles. The largest absolute Gasteiger partial charge is 0.343 e. The first-order chi connectivity index (χ1) is 20.8. The summed E-state index contributed by atoms with van der Waals surface area (Å²) in [6.07, 6.45) is 5.29. The van der Waals surface area contributed by atoms with Gasteiger partial charge in [0.15, 0.2) is 0 Å². The minimum atomic E-state index is -0.503. The van der Waals surface area contributed by atoms with Crippen molar-refractivity contribution in [3.8, 4) is 11.1 Å². The van der Waals surface area contributed by atoms with Crippen molar-refractivity contribution in [3.05, 3.63) is 101 Å². The number of halogens is 1. The molecule has 4 heterocycles. The van der Waals surface area contributed by atoms with E-state index in [1.807, 2.05) is 59.3 Å². The molecular formula is C34H37FN6O2. The molecule has 1 unspecified atom stereocenters. The van der Waals surface area contributed by atoms with Gasteiger partial charge in [0.25, 0.3) is 0 Å². The highest BCUT2D eigenvalue weighted by Gasteiger charge is 2.52. The normalized spacial score (nSPS) is 17.1. The van der Waals surface area contributed by atoms with Crippen LogP contribution in [0.15, 0.2) is 73.1 Å². The minimum absolute atomic E-state index is 0.125. The van der Waals surface area contributed by atoms with Gasteiger partial charge in [0.05, 0.1) is 18.3 Å². The molecule has 0 bridgehead atoms. The van der Waals surface area contributed by atoms with E-state index < -0.39 is 5.54 Å². The molecule has 6 rings (SSSR count). The molecule has 4 aromatic rings. The fourth-order valence-electron chi connectivity index (χ4n) is 6.50. The summed E-state index contributed by atoms with van der Waals surface area (Å²) in [6.45, 7) is 7.64. The third-order valence-corrected chi connectivity index (χ3v) is 9.25. The number of aryl methyl sites for hydroxylation is 1. The highest BCUT2D eigenvalue weighted by atomic mass is 19.1. The summed E-state index contributed by atoms with van der Waals surface area (Å²) in [5.41, 5.74) is 4.66. The molecule has 43 heavy (non-hydrogen) atoms. The predicted octanol–water partition coefficient (Wildman–Crippen LogP) is 6.22. The lowest BCUT2D eigenvalue weighted by atomic mass is 9.85. The topological polar surface area (TPSA) is 85.4 Å². The second kappa shape index (κ2) is 11.6. The van der Waals surface area contributed by atoms with E-state index in [0.29, 0.717) is 56.8 Å². The molecule has 2 fully saturated rings. The number of aromatic amines is 1. The van der Waals surface area contributed by atoms with Crippen LogP contribution in [0.2, 0.25) is 0 Å². The molecule has 1 atom stereocenters. The van der Waals surface area contributed by atoms with Crippen LogP contribution in [0.25, 0.3) is 11.1 Å².